The molecular weight excluding hydrogens is 228 g/mol. The first-order chi connectivity index (χ1) is 9.02. The van der Waals surface area contributed by atoms with Crippen molar-refractivity contribution in [2.45, 2.75) is 72.1 Å². The molecule has 0 spiro atoms. The Morgan fingerprint density at radius 2 is 1.79 bits per heavy atom. The number of hydrogen-bond acceptors (Lipinski definition) is 0. The van der Waals surface area contributed by atoms with Gasteiger partial charge in [-0.1, -0.05) is 64.8 Å². The van der Waals surface area contributed by atoms with Gasteiger partial charge < -0.3 is 0 Å². The highest BCUT2D eigenvalue weighted by molar-refractivity contribution is 5.68. The molecule has 0 aromatic heterocycles. The molecule has 0 atom stereocenters. The van der Waals surface area contributed by atoms with Crippen molar-refractivity contribution in [3.63, 3.8) is 0 Å². The van der Waals surface area contributed by atoms with E-state index < -0.39 is 0 Å². The van der Waals surface area contributed by atoms with Crippen molar-refractivity contribution in [1.29, 1.82) is 0 Å². The van der Waals surface area contributed by atoms with Crippen LogP contribution >= 0.6 is 0 Å². The van der Waals surface area contributed by atoms with Gasteiger partial charge in [-0.25, -0.2) is 0 Å². The van der Waals surface area contributed by atoms with Crippen molar-refractivity contribution in [2.75, 3.05) is 0 Å². The van der Waals surface area contributed by atoms with E-state index in [1.807, 2.05) is 0 Å². The summed E-state index contributed by atoms with van der Waals surface area (Å²) in [6, 6.07) is 4.88. The second-order valence-electron chi connectivity index (χ2n) is 6.58. The van der Waals surface area contributed by atoms with Crippen LogP contribution < -0.4 is 0 Å². The van der Waals surface area contributed by atoms with Gasteiger partial charge in [0.2, 0.25) is 0 Å². The quantitative estimate of drug-likeness (QED) is 0.600. The maximum absolute atomic E-state index is 2.48. The molecule has 1 aliphatic rings. The smallest absolute Gasteiger partial charge is 0.00576 e. The highest BCUT2D eigenvalue weighted by atomic mass is 14.2. The zero-order valence-electron chi connectivity index (χ0n) is 13.2. The Morgan fingerprint density at radius 1 is 1.05 bits per heavy atom. The average Bonchev–Trinajstić information content (AvgIpc) is 2.77. The summed E-state index contributed by atoms with van der Waals surface area (Å²) in [6.45, 7) is 11.5. The van der Waals surface area contributed by atoms with Crippen LogP contribution in [0.5, 0.6) is 0 Å². The topological polar surface area (TPSA) is 0 Å². The molecule has 0 unspecified atom stereocenters. The van der Waals surface area contributed by atoms with Gasteiger partial charge >= 0.3 is 0 Å². The molecule has 19 heavy (non-hydrogen) atoms. The van der Waals surface area contributed by atoms with Crippen LogP contribution in [0.2, 0.25) is 0 Å². The molecule has 0 saturated heterocycles. The fourth-order valence-corrected chi connectivity index (χ4v) is 2.96. The van der Waals surface area contributed by atoms with Gasteiger partial charge in [-0.05, 0) is 53.4 Å². The minimum absolute atomic E-state index is 0.620. The minimum Gasteiger partial charge on any atom is -0.0654 e. The summed E-state index contributed by atoms with van der Waals surface area (Å²) in [5, 5.41) is 0. The van der Waals surface area contributed by atoms with Crippen LogP contribution in [0.25, 0.3) is 6.08 Å². The molecule has 0 radical (unpaired) electrons. The largest absolute Gasteiger partial charge is 0.0654 e. The van der Waals surface area contributed by atoms with Crippen molar-refractivity contribution in [3.8, 4) is 0 Å². The van der Waals surface area contributed by atoms with Gasteiger partial charge in [-0.3, -0.25) is 0 Å². The first-order valence-electron chi connectivity index (χ1n) is 7.89. The third kappa shape index (κ3) is 3.11. The average molecular weight is 256 g/mol. The molecule has 2 rings (SSSR count). The standard InChI is InChI=1S/C19H28/c1-6-7-8-15-9-17-11-16(13(2)3)12-18(14(4)5)19(17)10-15/h10-14H,6-9H2,1-5H3. The highest BCUT2D eigenvalue weighted by Gasteiger charge is 2.19. The van der Waals surface area contributed by atoms with Crippen LogP contribution in [-0.2, 0) is 6.42 Å². The van der Waals surface area contributed by atoms with E-state index >= 15 is 0 Å². The molecule has 0 heterocycles. The molecule has 0 nitrogen and oxygen atoms in total. The van der Waals surface area contributed by atoms with Gasteiger partial charge in [0.15, 0.2) is 0 Å². The lowest BCUT2D eigenvalue weighted by molar-refractivity contribution is 0.778. The summed E-state index contributed by atoms with van der Waals surface area (Å²) in [5.74, 6) is 1.25. The number of benzene rings is 1. The third-order valence-corrected chi connectivity index (χ3v) is 4.23. The van der Waals surface area contributed by atoms with Crippen LogP contribution in [0.4, 0.5) is 0 Å². The first-order valence-corrected chi connectivity index (χ1v) is 7.89. The molecular formula is C19H28. The molecule has 0 fully saturated rings. The minimum atomic E-state index is 0.620. The second kappa shape index (κ2) is 5.94. The van der Waals surface area contributed by atoms with E-state index in [2.05, 4.69) is 52.8 Å². The summed E-state index contributed by atoms with van der Waals surface area (Å²) in [4.78, 5) is 0. The van der Waals surface area contributed by atoms with Crippen LogP contribution in [-0.4, -0.2) is 0 Å². The Bertz CT molecular complexity index is 475. The molecule has 1 aliphatic carbocycles. The van der Waals surface area contributed by atoms with Gasteiger partial charge in [0, 0.05) is 0 Å². The Balaban J connectivity index is 2.36. The van der Waals surface area contributed by atoms with Crippen molar-refractivity contribution in [3.05, 3.63) is 40.0 Å². The van der Waals surface area contributed by atoms with Crippen molar-refractivity contribution in [1.82, 2.24) is 0 Å². The number of hydrogen-bond donors (Lipinski definition) is 0. The molecule has 0 saturated carbocycles. The summed E-state index contributed by atoms with van der Waals surface area (Å²) in [6.07, 6.45) is 7.57. The zero-order valence-corrected chi connectivity index (χ0v) is 13.2. The van der Waals surface area contributed by atoms with E-state index in [0.29, 0.717) is 11.8 Å². The molecule has 104 valence electrons. The van der Waals surface area contributed by atoms with Gasteiger partial charge in [-0.2, -0.15) is 0 Å². The first kappa shape index (κ1) is 14.4. The van der Waals surface area contributed by atoms with Gasteiger partial charge in [-0.15, -0.1) is 0 Å². The lowest BCUT2D eigenvalue weighted by Crippen LogP contribution is -1.99. The molecule has 1 aromatic carbocycles. The zero-order chi connectivity index (χ0) is 14.0. The van der Waals surface area contributed by atoms with E-state index in [4.69, 9.17) is 0 Å². The van der Waals surface area contributed by atoms with Crippen molar-refractivity contribution < 1.29 is 0 Å². The molecule has 0 bridgehead atoms. The summed E-state index contributed by atoms with van der Waals surface area (Å²) < 4.78 is 0. The van der Waals surface area contributed by atoms with E-state index in [9.17, 15) is 0 Å². The highest BCUT2D eigenvalue weighted by Crippen LogP contribution is 2.36. The fraction of sp³-hybridized carbons (Fsp3) is 0.579. The normalized spacial score (nSPS) is 14.2. The molecule has 0 aliphatic heterocycles. The number of allylic oxidation sites excluding steroid dienone is 1. The second-order valence-corrected chi connectivity index (χ2v) is 6.58. The Hall–Kier alpha value is -1.04. The predicted octanol–water partition coefficient (Wildman–Crippen LogP) is 6.06. The molecule has 0 N–H and O–H groups in total. The van der Waals surface area contributed by atoms with E-state index in [1.165, 1.54) is 36.8 Å². The lowest BCUT2D eigenvalue weighted by Gasteiger charge is -2.16. The number of fused-ring (bicyclic) bond motifs is 1. The maximum Gasteiger partial charge on any atom is -0.00576 e. The van der Waals surface area contributed by atoms with E-state index in [0.717, 1.165) is 0 Å². The summed E-state index contributed by atoms with van der Waals surface area (Å²) in [5.41, 5.74) is 7.80. The fourth-order valence-electron chi connectivity index (χ4n) is 2.96. The Kier molecular flexibility index (Phi) is 4.50. The molecule has 0 heteroatoms. The maximum atomic E-state index is 2.48. The van der Waals surface area contributed by atoms with Crippen LogP contribution in [0.15, 0.2) is 17.7 Å². The molecule has 0 amide bonds. The van der Waals surface area contributed by atoms with Crippen LogP contribution in [0, 0.1) is 0 Å². The lowest BCUT2D eigenvalue weighted by atomic mass is 9.89. The predicted molar refractivity (Wildman–Crippen MR) is 85.8 cm³/mol. The number of rotatable bonds is 5. The number of unbranched alkanes of at least 4 members (excludes halogenated alkanes) is 1. The third-order valence-electron chi connectivity index (χ3n) is 4.23. The van der Waals surface area contributed by atoms with Crippen LogP contribution in [0.1, 0.15) is 88.0 Å². The van der Waals surface area contributed by atoms with Crippen LogP contribution in [0.3, 0.4) is 0 Å². The summed E-state index contributed by atoms with van der Waals surface area (Å²) in [7, 11) is 0. The molecule has 1 aromatic rings. The Morgan fingerprint density at radius 3 is 2.37 bits per heavy atom. The summed E-state index contributed by atoms with van der Waals surface area (Å²) >= 11 is 0. The SMILES string of the molecule is CCCCC1=Cc2c(cc(C(C)C)cc2C(C)C)C1. The van der Waals surface area contributed by atoms with Gasteiger partial charge in [0.25, 0.3) is 0 Å². The van der Waals surface area contributed by atoms with E-state index in [1.54, 1.807) is 16.7 Å². The monoisotopic (exact) mass is 256 g/mol. The Labute approximate surface area is 118 Å². The van der Waals surface area contributed by atoms with Crippen molar-refractivity contribution in [2.24, 2.45) is 0 Å². The van der Waals surface area contributed by atoms with Gasteiger partial charge in [0.1, 0.15) is 0 Å². The van der Waals surface area contributed by atoms with E-state index in [-0.39, 0.29) is 0 Å². The van der Waals surface area contributed by atoms with Gasteiger partial charge in [0.05, 0.1) is 0 Å². The van der Waals surface area contributed by atoms with Crippen molar-refractivity contribution >= 4 is 6.08 Å².